The molecule has 1 aromatic carbocycles. The van der Waals surface area contributed by atoms with Crippen LogP contribution in [0.25, 0.3) is 0 Å². The molecule has 0 radical (unpaired) electrons. The summed E-state index contributed by atoms with van der Waals surface area (Å²) in [6, 6.07) is 5.33. The third-order valence-corrected chi connectivity index (χ3v) is 2.79. The zero-order chi connectivity index (χ0) is 14.5. The third-order valence-electron chi connectivity index (χ3n) is 2.64. The van der Waals surface area contributed by atoms with Gasteiger partial charge in [0.05, 0.1) is 5.88 Å². The van der Waals surface area contributed by atoms with Crippen molar-refractivity contribution < 1.29 is 19.4 Å². The molecule has 19 heavy (non-hydrogen) atoms. The van der Waals surface area contributed by atoms with Crippen molar-refractivity contribution in [3.05, 3.63) is 23.8 Å². The summed E-state index contributed by atoms with van der Waals surface area (Å²) in [7, 11) is 0. The molecule has 0 bridgehead atoms. The van der Waals surface area contributed by atoms with Crippen LogP contribution in [0.15, 0.2) is 18.2 Å². The first-order valence-corrected chi connectivity index (χ1v) is 6.68. The second-order valence-electron chi connectivity index (χ2n) is 4.58. The average molecular weight is 287 g/mol. The monoisotopic (exact) mass is 286 g/mol. The van der Waals surface area contributed by atoms with E-state index >= 15 is 0 Å². The summed E-state index contributed by atoms with van der Waals surface area (Å²) in [5, 5.41) is 9.07. The highest BCUT2D eigenvalue weighted by molar-refractivity contribution is 6.18. The second-order valence-corrected chi connectivity index (χ2v) is 4.96. The standard InChI is InChI=1S/C14H19ClO4/c1-4-10-9-11(18-8-7-15)5-6-12(10)19-14(2,3)13(16)17/h5-6,9H,4,7-8H2,1-3H3,(H,16,17). The Morgan fingerprint density at radius 2 is 2.11 bits per heavy atom. The highest BCUT2D eigenvalue weighted by atomic mass is 35.5. The quantitative estimate of drug-likeness (QED) is 0.783. The summed E-state index contributed by atoms with van der Waals surface area (Å²) in [6.07, 6.45) is 0.725. The normalized spacial score (nSPS) is 11.2. The predicted molar refractivity (Wildman–Crippen MR) is 74.4 cm³/mol. The summed E-state index contributed by atoms with van der Waals surface area (Å²) in [5.41, 5.74) is -0.357. The number of alkyl halides is 1. The van der Waals surface area contributed by atoms with Crippen molar-refractivity contribution in [2.75, 3.05) is 12.5 Å². The lowest BCUT2D eigenvalue weighted by atomic mass is 10.1. The molecule has 0 atom stereocenters. The highest BCUT2D eigenvalue weighted by Crippen LogP contribution is 2.28. The molecule has 1 rings (SSSR count). The summed E-state index contributed by atoms with van der Waals surface area (Å²) >= 11 is 5.56. The fourth-order valence-electron chi connectivity index (χ4n) is 1.50. The topological polar surface area (TPSA) is 55.8 Å². The van der Waals surface area contributed by atoms with Crippen molar-refractivity contribution in [3.63, 3.8) is 0 Å². The van der Waals surface area contributed by atoms with Crippen molar-refractivity contribution >= 4 is 17.6 Å². The van der Waals surface area contributed by atoms with Gasteiger partial charge in [0.1, 0.15) is 18.1 Å². The first-order valence-electron chi connectivity index (χ1n) is 6.14. The summed E-state index contributed by atoms with van der Waals surface area (Å²) in [6.45, 7) is 5.45. The van der Waals surface area contributed by atoms with E-state index in [1.807, 2.05) is 13.0 Å². The molecule has 1 aromatic rings. The molecule has 106 valence electrons. The van der Waals surface area contributed by atoms with Gasteiger partial charge in [0, 0.05) is 0 Å². The maximum Gasteiger partial charge on any atom is 0.347 e. The zero-order valence-electron chi connectivity index (χ0n) is 11.4. The van der Waals surface area contributed by atoms with Gasteiger partial charge in [-0.1, -0.05) is 6.92 Å². The smallest absolute Gasteiger partial charge is 0.347 e. The molecular weight excluding hydrogens is 268 g/mol. The van der Waals surface area contributed by atoms with Gasteiger partial charge in [0.2, 0.25) is 0 Å². The highest BCUT2D eigenvalue weighted by Gasteiger charge is 2.30. The van der Waals surface area contributed by atoms with Gasteiger partial charge in [0.15, 0.2) is 5.60 Å². The fraction of sp³-hybridized carbons (Fsp3) is 0.500. The van der Waals surface area contributed by atoms with E-state index in [1.165, 1.54) is 13.8 Å². The number of carboxylic acid groups (broad SMARTS) is 1. The molecule has 5 heteroatoms. The van der Waals surface area contributed by atoms with E-state index in [0.29, 0.717) is 24.0 Å². The predicted octanol–water partition coefficient (Wildman–Crippen LogP) is 3.11. The molecular formula is C14H19ClO4. The Balaban J connectivity index is 2.93. The number of carboxylic acids is 1. The maximum atomic E-state index is 11.1. The van der Waals surface area contributed by atoms with Crippen LogP contribution in [-0.2, 0) is 11.2 Å². The minimum absolute atomic E-state index is 0.422. The Kier molecular flexibility index (Phi) is 5.48. The van der Waals surface area contributed by atoms with Gasteiger partial charge < -0.3 is 14.6 Å². The number of halogens is 1. The van der Waals surface area contributed by atoms with E-state index in [1.54, 1.807) is 12.1 Å². The van der Waals surface area contributed by atoms with Crippen LogP contribution in [0.1, 0.15) is 26.3 Å². The number of aliphatic carboxylic acids is 1. The van der Waals surface area contributed by atoms with Gasteiger partial charge in [-0.15, -0.1) is 11.6 Å². The maximum absolute atomic E-state index is 11.1. The second kappa shape index (κ2) is 6.66. The van der Waals surface area contributed by atoms with Crippen molar-refractivity contribution in [2.24, 2.45) is 0 Å². The summed E-state index contributed by atoms with van der Waals surface area (Å²) in [5.74, 6) is 0.689. The molecule has 1 N–H and O–H groups in total. The molecule has 0 amide bonds. The van der Waals surface area contributed by atoms with Gasteiger partial charge in [-0.05, 0) is 44.0 Å². The molecule has 0 saturated heterocycles. The van der Waals surface area contributed by atoms with Gasteiger partial charge >= 0.3 is 5.97 Å². The third kappa shape index (κ3) is 4.31. The van der Waals surface area contributed by atoms with E-state index in [4.69, 9.17) is 26.2 Å². The molecule has 0 unspecified atom stereocenters. The Morgan fingerprint density at radius 3 is 2.63 bits per heavy atom. The van der Waals surface area contributed by atoms with Gasteiger partial charge in [-0.3, -0.25) is 0 Å². The first kappa shape index (κ1) is 15.6. The Bertz CT molecular complexity index is 443. The Labute approximate surface area is 118 Å². The molecule has 0 aliphatic heterocycles. The van der Waals surface area contributed by atoms with Crippen LogP contribution >= 0.6 is 11.6 Å². The lowest BCUT2D eigenvalue weighted by Gasteiger charge is -2.23. The van der Waals surface area contributed by atoms with Crippen LogP contribution in [0.4, 0.5) is 0 Å². The minimum Gasteiger partial charge on any atom is -0.492 e. The Hall–Kier alpha value is -1.42. The van der Waals surface area contributed by atoms with Crippen molar-refractivity contribution in [3.8, 4) is 11.5 Å². The number of rotatable bonds is 7. The minimum atomic E-state index is -1.26. The molecule has 0 fully saturated rings. The number of aryl methyl sites for hydroxylation is 1. The van der Waals surface area contributed by atoms with E-state index in [-0.39, 0.29) is 0 Å². The molecule has 0 saturated carbocycles. The van der Waals surface area contributed by atoms with Crippen LogP contribution in [0, 0.1) is 0 Å². The van der Waals surface area contributed by atoms with Gasteiger partial charge in [0.25, 0.3) is 0 Å². The molecule has 0 heterocycles. The van der Waals surface area contributed by atoms with Crippen molar-refractivity contribution in [1.82, 2.24) is 0 Å². The lowest BCUT2D eigenvalue weighted by molar-refractivity contribution is -0.152. The SMILES string of the molecule is CCc1cc(OCCCl)ccc1OC(C)(C)C(=O)O. The van der Waals surface area contributed by atoms with E-state index < -0.39 is 11.6 Å². The zero-order valence-corrected chi connectivity index (χ0v) is 12.2. The average Bonchev–Trinajstić information content (AvgIpc) is 2.37. The number of benzene rings is 1. The number of hydrogen-bond acceptors (Lipinski definition) is 3. The number of hydrogen-bond donors (Lipinski definition) is 1. The molecule has 0 aliphatic carbocycles. The summed E-state index contributed by atoms with van der Waals surface area (Å²) in [4.78, 5) is 11.1. The molecule has 0 spiro atoms. The first-order chi connectivity index (χ1) is 8.90. The number of ether oxygens (including phenoxy) is 2. The van der Waals surface area contributed by atoms with Crippen LogP contribution < -0.4 is 9.47 Å². The fourth-order valence-corrected chi connectivity index (χ4v) is 1.57. The van der Waals surface area contributed by atoms with E-state index in [0.717, 1.165) is 12.0 Å². The lowest BCUT2D eigenvalue weighted by Crippen LogP contribution is -2.38. The molecule has 0 aliphatic rings. The number of carbonyl (C=O) groups is 1. The van der Waals surface area contributed by atoms with Gasteiger partial charge in [-0.2, -0.15) is 0 Å². The van der Waals surface area contributed by atoms with Crippen molar-refractivity contribution in [1.29, 1.82) is 0 Å². The molecule has 0 aromatic heterocycles. The van der Waals surface area contributed by atoms with Crippen LogP contribution in [0.3, 0.4) is 0 Å². The van der Waals surface area contributed by atoms with Crippen molar-refractivity contribution in [2.45, 2.75) is 32.8 Å². The molecule has 4 nitrogen and oxygen atoms in total. The van der Waals surface area contributed by atoms with Crippen LogP contribution in [0.5, 0.6) is 11.5 Å². The van der Waals surface area contributed by atoms with Gasteiger partial charge in [-0.25, -0.2) is 4.79 Å². The van der Waals surface area contributed by atoms with E-state index in [2.05, 4.69) is 0 Å². The Morgan fingerprint density at radius 1 is 1.42 bits per heavy atom. The van der Waals surface area contributed by atoms with Crippen LogP contribution in [0.2, 0.25) is 0 Å². The summed E-state index contributed by atoms with van der Waals surface area (Å²) < 4.78 is 11.0. The van der Waals surface area contributed by atoms with Crippen LogP contribution in [-0.4, -0.2) is 29.2 Å². The van der Waals surface area contributed by atoms with E-state index in [9.17, 15) is 4.79 Å². The largest absolute Gasteiger partial charge is 0.492 e.